The van der Waals surface area contributed by atoms with Gasteiger partial charge in [-0.25, -0.2) is 27.9 Å². The van der Waals surface area contributed by atoms with Gasteiger partial charge in [-0.3, -0.25) is 9.20 Å². The Morgan fingerprint density at radius 2 is 2.19 bits per heavy atom. The second-order valence-corrected chi connectivity index (χ2v) is 7.18. The van der Waals surface area contributed by atoms with E-state index < -0.39 is 33.4 Å². The zero-order valence-electron chi connectivity index (χ0n) is 13.8. The lowest BCUT2D eigenvalue weighted by Crippen LogP contribution is -2.29. The van der Waals surface area contributed by atoms with Crippen molar-refractivity contribution in [1.82, 2.24) is 19.7 Å². The Morgan fingerprint density at radius 1 is 1.42 bits per heavy atom. The van der Waals surface area contributed by atoms with Crippen molar-refractivity contribution >= 4 is 21.7 Å². The van der Waals surface area contributed by atoms with Crippen molar-refractivity contribution in [2.24, 2.45) is 5.14 Å². The summed E-state index contributed by atoms with van der Waals surface area (Å²) in [6, 6.07) is 4.06. The van der Waals surface area contributed by atoms with E-state index in [1.807, 2.05) is 6.92 Å². The number of amides is 1. The van der Waals surface area contributed by atoms with Gasteiger partial charge in [0.25, 0.3) is 5.91 Å². The van der Waals surface area contributed by atoms with Crippen molar-refractivity contribution in [2.75, 3.05) is 0 Å². The molecule has 10 heteroatoms. The van der Waals surface area contributed by atoms with Crippen molar-refractivity contribution in [3.8, 4) is 0 Å². The van der Waals surface area contributed by atoms with Gasteiger partial charge < -0.3 is 5.32 Å². The summed E-state index contributed by atoms with van der Waals surface area (Å²) in [7, 11) is -4.05. The zero-order chi connectivity index (χ0) is 18.9. The molecule has 0 saturated carbocycles. The van der Waals surface area contributed by atoms with Crippen LogP contribution in [0.5, 0.6) is 0 Å². The number of aromatic nitrogens is 3. The van der Waals surface area contributed by atoms with E-state index in [0.717, 1.165) is 18.2 Å². The topological polar surface area (TPSA) is 119 Å². The minimum absolute atomic E-state index is 0.339. The summed E-state index contributed by atoms with van der Waals surface area (Å²) in [6.45, 7) is 1.83. The molecule has 0 bridgehead atoms. The first-order valence-corrected chi connectivity index (χ1v) is 9.27. The summed E-state index contributed by atoms with van der Waals surface area (Å²) in [5, 5.41) is 7.70. The number of nitrogens with zero attached hydrogens (tertiary/aromatic N) is 3. The maximum atomic E-state index is 14.0. The summed E-state index contributed by atoms with van der Waals surface area (Å²) in [4.78, 5) is 20.6. The van der Waals surface area contributed by atoms with Crippen molar-refractivity contribution in [2.45, 2.75) is 24.3 Å². The molecule has 0 aliphatic rings. The van der Waals surface area contributed by atoms with Crippen molar-refractivity contribution in [1.29, 1.82) is 0 Å². The minimum Gasteiger partial charge on any atom is -0.344 e. The number of primary sulfonamides is 1. The van der Waals surface area contributed by atoms with Crippen LogP contribution < -0.4 is 10.5 Å². The number of hydrogen-bond donors (Lipinski definition) is 2. The van der Waals surface area contributed by atoms with E-state index in [-0.39, 0.29) is 4.90 Å². The molecular weight excluding hydrogens is 361 g/mol. The SMILES string of the molecule is CC[C@H](NC(=O)c1cc(S(N)(=O)=O)ccc1F)c1cn2cccnc2n1. The number of sulfonamides is 1. The van der Waals surface area contributed by atoms with E-state index in [9.17, 15) is 17.6 Å². The summed E-state index contributed by atoms with van der Waals surface area (Å²) >= 11 is 0. The van der Waals surface area contributed by atoms with E-state index in [1.165, 1.54) is 0 Å². The van der Waals surface area contributed by atoms with Crippen LogP contribution >= 0.6 is 0 Å². The molecule has 3 N–H and O–H groups in total. The Bertz CT molecular complexity index is 1050. The lowest BCUT2D eigenvalue weighted by molar-refractivity contribution is 0.0930. The number of carbonyl (C=O) groups is 1. The Morgan fingerprint density at radius 3 is 2.85 bits per heavy atom. The molecule has 2 heterocycles. The largest absolute Gasteiger partial charge is 0.344 e. The van der Waals surface area contributed by atoms with Crippen LogP contribution in [0.3, 0.4) is 0 Å². The van der Waals surface area contributed by atoms with Crippen LogP contribution in [0.1, 0.15) is 35.4 Å². The van der Waals surface area contributed by atoms with Crippen LogP contribution in [0.2, 0.25) is 0 Å². The first kappa shape index (κ1) is 18.0. The number of hydrogen-bond acceptors (Lipinski definition) is 5. The number of benzene rings is 1. The van der Waals surface area contributed by atoms with Gasteiger partial charge in [-0.05, 0) is 30.7 Å². The fourth-order valence-corrected chi connectivity index (χ4v) is 3.03. The molecule has 0 unspecified atom stereocenters. The molecule has 0 fully saturated rings. The quantitative estimate of drug-likeness (QED) is 0.696. The molecular formula is C16H16FN5O3S. The van der Waals surface area contributed by atoms with Crippen molar-refractivity contribution in [3.05, 3.63) is 59.9 Å². The first-order chi connectivity index (χ1) is 12.3. The number of halogens is 1. The van der Waals surface area contributed by atoms with Gasteiger partial charge in [0.05, 0.1) is 22.2 Å². The molecule has 8 nitrogen and oxygen atoms in total. The molecule has 0 aliphatic carbocycles. The second-order valence-electron chi connectivity index (χ2n) is 5.61. The van der Waals surface area contributed by atoms with E-state index in [0.29, 0.717) is 17.9 Å². The molecule has 0 spiro atoms. The highest BCUT2D eigenvalue weighted by Gasteiger charge is 2.21. The third kappa shape index (κ3) is 3.55. The molecule has 1 amide bonds. The predicted molar refractivity (Wildman–Crippen MR) is 91.3 cm³/mol. The maximum absolute atomic E-state index is 14.0. The fraction of sp³-hybridized carbons (Fsp3) is 0.188. The fourth-order valence-electron chi connectivity index (χ4n) is 2.49. The number of fused-ring (bicyclic) bond motifs is 1. The highest BCUT2D eigenvalue weighted by atomic mass is 32.2. The number of nitrogens with one attached hydrogen (secondary N) is 1. The minimum atomic E-state index is -4.05. The van der Waals surface area contributed by atoms with Gasteiger partial charge in [-0.2, -0.15) is 0 Å². The molecule has 136 valence electrons. The molecule has 0 radical (unpaired) electrons. The highest BCUT2D eigenvalue weighted by Crippen LogP contribution is 2.19. The van der Waals surface area contributed by atoms with Crippen LogP contribution in [0.4, 0.5) is 4.39 Å². The lowest BCUT2D eigenvalue weighted by atomic mass is 10.1. The van der Waals surface area contributed by atoms with Gasteiger partial charge >= 0.3 is 0 Å². The summed E-state index contributed by atoms with van der Waals surface area (Å²) in [6.07, 6.45) is 5.57. The van der Waals surface area contributed by atoms with Gasteiger partial charge in [0.1, 0.15) is 5.82 Å². The highest BCUT2D eigenvalue weighted by molar-refractivity contribution is 7.89. The third-order valence-corrected chi connectivity index (χ3v) is 4.75. The normalized spacial score (nSPS) is 12.9. The molecule has 2 aromatic heterocycles. The predicted octanol–water partition coefficient (Wildman–Crippen LogP) is 1.40. The summed E-state index contributed by atoms with van der Waals surface area (Å²) in [5.74, 6) is -1.14. The molecule has 3 aromatic rings. The van der Waals surface area contributed by atoms with Gasteiger partial charge in [0.15, 0.2) is 0 Å². The van der Waals surface area contributed by atoms with Gasteiger partial charge in [-0.1, -0.05) is 6.92 Å². The van der Waals surface area contributed by atoms with Crippen LogP contribution in [0.15, 0.2) is 47.8 Å². The van der Waals surface area contributed by atoms with E-state index in [2.05, 4.69) is 15.3 Å². The number of nitrogens with two attached hydrogens (primary N) is 1. The molecule has 26 heavy (non-hydrogen) atoms. The van der Waals surface area contributed by atoms with Gasteiger partial charge in [0, 0.05) is 18.6 Å². The standard InChI is InChI=1S/C16H16FN5O3S/c1-2-13(14-9-22-7-3-6-19-16(22)21-14)20-15(23)11-8-10(26(18,24)25)4-5-12(11)17/h3-9,13H,2H2,1H3,(H,20,23)(H2,18,24,25)/t13-/m0/s1. The van der Waals surface area contributed by atoms with Crippen LogP contribution in [-0.2, 0) is 10.0 Å². The Hall–Kier alpha value is -2.85. The Kier molecular flexibility index (Phi) is 4.70. The lowest BCUT2D eigenvalue weighted by Gasteiger charge is -2.15. The van der Waals surface area contributed by atoms with Gasteiger partial charge in [-0.15, -0.1) is 0 Å². The van der Waals surface area contributed by atoms with Crippen molar-refractivity contribution < 1.29 is 17.6 Å². The molecule has 3 rings (SSSR count). The van der Waals surface area contributed by atoms with Crippen molar-refractivity contribution in [3.63, 3.8) is 0 Å². The van der Waals surface area contributed by atoms with E-state index in [4.69, 9.17) is 5.14 Å². The summed E-state index contributed by atoms with van der Waals surface area (Å²) in [5.41, 5.74) is 0.152. The monoisotopic (exact) mass is 377 g/mol. The molecule has 0 aliphatic heterocycles. The van der Waals surface area contributed by atoms with Crippen LogP contribution in [-0.4, -0.2) is 28.7 Å². The second kappa shape index (κ2) is 6.81. The molecule has 1 aromatic carbocycles. The van der Waals surface area contributed by atoms with Gasteiger partial charge in [0.2, 0.25) is 15.8 Å². The average molecular weight is 377 g/mol. The number of carbonyl (C=O) groups excluding carboxylic acids is 1. The first-order valence-electron chi connectivity index (χ1n) is 7.72. The number of imidazole rings is 1. The van der Waals surface area contributed by atoms with Crippen LogP contribution in [0.25, 0.3) is 5.78 Å². The number of rotatable bonds is 5. The van der Waals surface area contributed by atoms with E-state index >= 15 is 0 Å². The Balaban J connectivity index is 1.90. The maximum Gasteiger partial charge on any atom is 0.254 e. The summed E-state index contributed by atoms with van der Waals surface area (Å²) < 4.78 is 38.6. The average Bonchev–Trinajstić information content (AvgIpc) is 3.02. The van der Waals surface area contributed by atoms with Crippen LogP contribution in [0, 0.1) is 5.82 Å². The zero-order valence-corrected chi connectivity index (χ0v) is 14.6. The molecule has 0 saturated heterocycles. The van der Waals surface area contributed by atoms with E-state index in [1.54, 1.807) is 29.1 Å². The Labute approximate surface area is 148 Å². The molecule has 1 atom stereocenters. The third-order valence-electron chi connectivity index (χ3n) is 3.84. The smallest absolute Gasteiger partial charge is 0.254 e.